The molecule has 144 valence electrons. The maximum absolute atomic E-state index is 12.6. The number of anilines is 1. The minimum Gasteiger partial charge on any atom is -0.490 e. The van der Waals surface area contributed by atoms with Gasteiger partial charge in [0.05, 0.1) is 19.0 Å². The summed E-state index contributed by atoms with van der Waals surface area (Å²) in [6, 6.07) is 12.4. The van der Waals surface area contributed by atoms with E-state index in [1.54, 1.807) is 24.3 Å². The number of nitrogens with one attached hydrogen (secondary N) is 1. The molecule has 0 aliphatic carbocycles. The summed E-state index contributed by atoms with van der Waals surface area (Å²) in [6.45, 7) is 4.74. The zero-order valence-electron chi connectivity index (χ0n) is 15.4. The molecule has 1 amide bonds. The summed E-state index contributed by atoms with van der Waals surface area (Å²) in [5, 5.41) is 11.6. The van der Waals surface area contributed by atoms with Gasteiger partial charge in [-0.15, -0.1) is 11.8 Å². The topological polar surface area (TPSA) is 84.9 Å². The van der Waals surface area contributed by atoms with Gasteiger partial charge in [0, 0.05) is 17.0 Å². The first kappa shape index (κ1) is 20.6. The number of amides is 1. The summed E-state index contributed by atoms with van der Waals surface area (Å²) in [6.07, 6.45) is 0. The van der Waals surface area contributed by atoms with E-state index in [1.165, 1.54) is 11.8 Å². The summed E-state index contributed by atoms with van der Waals surface area (Å²) in [5.74, 6) is 0.648. The van der Waals surface area contributed by atoms with Crippen LogP contribution in [0.4, 0.5) is 5.69 Å². The largest absolute Gasteiger partial charge is 0.490 e. The molecule has 0 atom stereocenters. The van der Waals surface area contributed by atoms with Crippen molar-refractivity contribution in [1.82, 2.24) is 0 Å². The molecule has 0 fully saturated rings. The van der Waals surface area contributed by atoms with Crippen molar-refractivity contribution in [2.24, 2.45) is 0 Å². The molecule has 0 spiro atoms. The van der Waals surface area contributed by atoms with Gasteiger partial charge in [-0.05, 0) is 49.7 Å². The van der Waals surface area contributed by atoms with Crippen LogP contribution in [0.3, 0.4) is 0 Å². The molecule has 0 aliphatic heterocycles. The van der Waals surface area contributed by atoms with Crippen molar-refractivity contribution >= 4 is 29.3 Å². The monoisotopic (exact) mass is 389 g/mol. The number of hydrogen-bond acceptors (Lipinski definition) is 5. The molecule has 0 saturated heterocycles. The van der Waals surface area contributed by atoms with Crippen LogP contribution in [0.15, 0.2) is 42.5 Å². The van der Waals surface area contributed by atoms with Gasteiger partial charge in [0.15, 0.2) is 11.5 Å². The maximum Gasteiger partial charge on any atom is 0.313 e. The van der Waals surface area contributed by atoms with E-state index in [-0.39, 0.29) is 11.7 Å². The van der Waals surface area contributed by atoms with Gasteiger partial charge in [-0.1, -0.05) is 12.1 Å². The fourth-order valence-electron chi connectivity index (χ4n) is 2.39. The minimum atomic E-state index is -0.843. The van der Waals surface area contributed by atoms with Crippen molar-refractivity contribution in [3.8, 4) is 11.5 Å². The van der Waals surface area contributed by atoms with Crippen LogP contribution in [0.2, 0.25) is 0 Å². The zero-order valence-corrected chi connectivity index (χ0v) is 16.2. The van der Waals surface area contributed by atoms with E-state index in [2.05, 4.69) is 5.32 Å². The molecule has 0 saturated carbocycles. The fraction of sp³-hybridized carbons (Fsp3) is 0.300. The molecular weight excluding hydrogens is 366 g/mol. The third kappa shape index (κ3) is 6.53. The van der Waals surface area contributed by atoms with Gasteiger partial charge in [0.2, 0.25) is 0 Å². The molecule has 27 heavy (non-hydrogen) atoms. The number of thioether (sulfide) groups is 1. The minimum absolute atomic E-state index is 0.0446. The first-order valence-corrected chi connectivity index (χ1v) is 9.78. The Morgan fingerprint density at radius 3 is 2.48 bits per heavy atom. The standard InChI is InChI=1S/C20H23NO5S/c1-3-25-17-9-8-15(11-18(17)26-4-2)20(24)21-16-7-5-6-14(10-16)12-27-13-19(22)23/h5-11H,3-4,12-13H2,1-2H3,(H,21,24)(H,22,23). The molecule has 0 aliphatic rings. The molecule has 2 aromatic rings. The molecule has 0 unspecified atom stereocenters. The third-order valence-electron chi connectivity index (χ3n) is 3.48. The molecule has 6 nitrogen and oxygen atoms in total. The molecular formula is C20H23NO5S. The van der Waals surface area contributed by atoms with Crippen molar-refractivity contribution in [2.75, 3.05) is 24.3 Å². The highest BCUT2D eigenvalue weighted by Crippen LogP contribution is 2.29. The first-order chi connectivity index (χ1) is 13.0. The molecule has 2 N–H and O–H groups in total. The highest BCUT2D eigenvalue weighted by Gasteiger charge is 2.12. The lowest BCUT2D eigenvalue weighted by atomic mass is 10.1. The number of benzene rings is 2. The van der Waals surface area contributed by atoms with Crippen molar-refractivity contribution in [1.29, 1.82) is 0 Å². The number of carbonyl (C=O) groups is 2. The van der Waals surface area contributed by atoms with Gasteiger partial charge in [0.1, 0.15) is 0 Å². The predicted molar refractivity (Wildman–Crippen MR) is 107 cm³/mol. The Kier molecular flexibility index (Phi) is 8.00. The van der Waals surface area contributed by atoms with E-state index in [1.807, 2.05) is 32.0 Å². The Morgan fingerprint density at radius 2 is 1.78 bits per heavy atom. The van der Waals surface area contributed by atoms with Crippen molar-refractivity contribution < 1.29 is 24.2 Å². The van der Waals surface area contributed by atoms with Gasteiger partial charge < -0.3 is 19.9 Å². The quantitative estimate of drug-likeness (QED) is 0.638. The predicted octanol–water partition coefficient (Wildman–Crippen LogP) is 4.05. The first-order valence-electron chi connectivity index (χ1n) is 8.63. The summed E-state index contributed by atoms with van der Waals surface area (Å²) < 4.78 is 11.1. The maximum atomic E-state index is 12.6. The second-order valence-electron chi connectivity index (χ2n) is 5.57. The second-order valence-corrected chi connectivity index (χ2v) is 6.55. The molecule has 0 radical (unpaired) electrons. The molecule has 2 aromatic carbocycles. The number of ether oxygens (including phenoxy) is 2. The highest BCUT2D eigenvalue weighted by atomic mass is 32.2. The van der Waals surface area contributed by atoms with Crippen LogP contribution in [-0.4, -0.2) is 35.9 Å². The van der Waals surface area contributed by atoms with E-state index >= 15 is 0 Å². The van der Waals surface area contributed by atoms with E-state index in [0.717, 1.165) is 5.56 Å². The Labute approximate surface area is 162 Å². The lowest BCUT2D eigenvalue weighted by Crippen LogP contribution is -2.12. The van der Waals surface area contributed by atoms with Crippen LogP contribution >= 0.6 is 11.8 Å². The van der Waals surface area contributed by atoms with Crippen molar-refractivity contribution in [3.05, 3.63) is 53.6 Å². The van der Waals surface area contributed by atoms with Gasteiger partial charge in [-0.3, -0.25) is 9.59 Å². The summed E-state index contributed by atoms with van der Waals surface area (Å²) in [4.78, 5) is 23.2. The normalized spacial score (nSPS) is 10.3. The van der Waals surface area contributed by atoms with Crippen LogP contribution in [0.1, 0.15) is 29.8 Å². The fourth-order valence-corrected chi connectivity index (χ4v) is 3.08. The molecule has 2 rings (SSSR count). The van der Waals surface area contributed by atoms with Crippen LogP contribution in [-0.2, 0) is 10.5 Å². The van der Waals surface area contributed by atoms with E-state index in [0.29, 0.717) is 41.7 Å². The smallest absolute Gasteiger partial charge is 0.313 e. The Hall–Kier alpha value is -2.67. The van der Waals surface area contributed by atoms with Crippen LogP contribution < -0.4 is 14.8 Å². The molecule has 0 aromatic heterocycles. The van der Waals surface area contributed by atoms with Crippen molar-refractivity contribution in [3.63, 3.8) is 0 Å². The van der Waals surface area contributed by atoms with E-state index < -0.39 is 5.97 Å². The molecule has 0 bridgehead atoms. The SMILES string of the molecule is CCOc1ccc(C(=O)Nc2cccc(CSCC(=O)O)c2)cc1OCC. The van der Waals surface area contributed by atoms with Crippen LogP contribution in [0.25, 0.3) is 0 Å². The van der Waals surface area contributed by atoms with Gasteiger partial charge >= 0.3 is 5.97 Å². The Bertz CT molecular complexity index is 794. The number of carbonyl (C=O) groups excluding carboxylic acids is 1. The van der Waals surface area contributed by atoms with Gasteiger partial charge in [-0.2, -0.15) is 0 Å². The molecule has 0 heterocycles. The number of aliphatic carboxylic acids is 1. The number of carboxylic acid groups (broad SMARTS) is 1. The summed E-state index contributed by atoms with van der Waals surface area (Å²) in [7, 11) is 0. The average molecular weight is 389 g/mol. The Balaban J connectivity index is 2.08. The van der Waals surface area contributed by atoms with Gasteiger partial charge in [-0.25, -0.2) is 0 Å². The number of carboxylic acids is 1. The molecule has 7 heteroatoms. The van der Waals surface area contributed by atoms with Crippen LogP contribution in [0.5, 0.6) is 11.5 Å². The summed E-state index contributed by atoms with van der Waals surface area (Å²) >= 11 is 1.31. The van der Waals surface area contributed by atoms with E-state index in [4.69, 9.17) is 14.6 Å². The van der Waals surface area contributed by atoms with Crippen LogP contribution in [0, 0.1) is 0 Å². The number of hydrogen-bond donors (Lipinski definition) is 2. The highest BCUT2D eigenvalue weighted by molar-refractivity contribution is 7.99. The van der Waals surface area contributed by atoms with Gasteiger partial charge in [0.25, 0.3) is 5.91 Å². The lowest BCUT2D eigenvalue weighted by molar-refractivity contribution is -0.133. The lowest BCUT2D eigenvalue weighted by Gasteiger charge is -2.13. The Morgan fingerprint density at radius 1 is 1.04 bits per heavy atom. The summed E-state index contributed by atoms with van der Waals surface area (Å²) in [5.41, 5.74) is 2.06. The second kappa shape index (κ2) is 10.5. The third-order valence-corrected chi connectivity index (χ3v) is 4.47. The number of rotatable bonds is 10. The van der Waals surface area contributed by atoms with Crippen molar-refractivity contribution in [2.45, 2.75) is 19.6 Å². The zero-order chi connectivity index (χ0) is 19.6. The van der Waals surface area contributed by atoms with E-state index in [9.17, 15) is 9.59 Å². The average Bonchev–Trinajstić information content (AvgIpc) is 2.63.